The van der Waals surface area contributed by atoms with Crippen LogP contribution in [0, 0.1) is 0 Å². The number of likely N-dealkylation sites (N-methyl/N-ethyl adjacent to an activating group) is 1. The fourth-order valence-electron chi connectivity index (χ4n) is 2.13. The minimum atomic E-state index is -0.00480. The zero-order chi connectivity index (χ0) is 15.2. The van der Waals surface area contributed by atoms with Gasteiger partial charge in [-0.1, -0.05) is 11.6 Å². The van der Waals surface area contributed by atoms with Gasteiger partial charge in [-0.2, -0.15) is 0 Å². The van der Waals surface area contributed by atoms with Gasteiger partial charge < -0.3 is 9.64 Å². The van der Waals surface area contributed by atoms with Crippen LogP contribution in [-0.4, -0.2) is 24.5 Å². The number of halogens is 1. The van der Waals surface area contributed by atoms with Crippen molar-refractivity contribution >= 4 is 23.2 Å². The first-order valence-corrected chi connectivity index (χ1v) is 7.05. The average Bonchev–Trinajstić information content (AvgIpc) is 2.48. The highest BCUT2D eigenvalue weighted by molar-refractivity contribution is 6.30. The smallest absolute Gasteiger partial charge is 0.231 e. The zero-order valence-electron chi connectivity index (χ0n) is 12.0. The van der Waals surface area contributed by atoms with E-state index in [4.69, 9.17) is 16.3 Å². The summed E-state index contributed by atoms with van der Waals surface area (Å²) in [6.45, 7) is 2.52. The van der Waals surface area contributed by atoms with Gasteiger partial charge in [0.1, 0.15) is 5.75 Å². The van der Waals surface area contributed by atoms with Gasteiger partial charge in [0, 0.05) is 17.8 Å². The van der Waals surface area contributed by atoms with Crippen LogP contribution < -0.4 is 9.64 Å². The van der Waals surface area contributed by atoms with Crippen molar-refractivity contribution in [1.82, 2.24) is 4.98 Å². The Hall–Kier alpha value is -2.07. The predicted molar refractivity (Wildman–Crippen MR) is 84.0 cm³/mol. The number of hydrogen-bond donors (Lipinski definition) is 0. The highest BCUT2D eigenvalue weighted by atomic mass is 35.5. The molecule has 2 aromatic rings. The van der Waals surface area contributed by atoms with E-state index >= 15 is 0 Å². The first-order valence-electron chi connectivity index (χ1n) is 6.68. The molecule has 4 nitrogen and oxygen atoms in total. The molecule has 110 valence electrons. The molecule has 0 unspecified atom stereocenters. The second kappa shape index (κ2) is 7.09. The zero-order valence-corrected chi connectivity index (χ0v) is 12.8. The number of aromatic nitrogens is 1. The van der Waals surface area contributed by atoms with Gasteiger partial charge in [0.25, 0.3) is 0 Å². The molecule has 1 amide bonds. The number of hydrogen-bond acceptors (Lipinski definition) is 3. The number of benzene rings is 1. The number of nitrogens with zero attached hydrogens (tertiary/aromatic N) is 2. The van der Waals surface area contributed by atoms with Crippen LogP contribution in [0.4, 0.5) is 5.69 Å². The van der Waals surface area contributed by atoms with E-state index in [0.29, 0.717) is 17.3 Å². The molecule has 0 aliphatic rings. The number of carbonyl (C=O) groups excluding carboxylic acids is 1. The number of rotatable bonds is 5. The summed E-state index contributed by atoms with van der Waals surface area (Å²) in [6, 6.07) is 8.99. The topological polar surface area (TPSA) is 42.4 Å². The lowest BCUT2D eigenvalue weighted by atomic mass is 10.1. The summed E-state index contributed by atoms with van der Waals surface area (Å²) >= 11 is 6.03. The standard InChI is InChI=1S/C16H17ClN2O2/c1-3-19(14-5-4-6-18-11-14)16(20)9-12-7-13(17)10-15(8-12)21-2/h4-8,10-11H,3,9H2,1-2H3. The van der Waals surface area contributed by atoms with Crippen molar-refractivity contribution in [2.75, 3.05) is 18.6 Å². The summed E-state index contributed by atoms with van der Waals surface area (Å²) in [5.74, 6) is 0.643. The van der Waals surface area contributed by atoms with E-state index in [9.17, 15) is 4.79 Å². The first kappa shape index (κ1) is 15.3. The molecular weight excluding hydrogens is 288 g/mol. The highest BCUT2D eigenvalue weighted by Gasteiger charge is 2.15. The van der Waals surface area contributed by atoms with Crippen LogP contribution in [0.5, 0.6) is 5.75 Å². The lowest BCUT2D eigenvalue weighted by molar-refractivity contribution is -0.117. The Kier molecular flexibility index (Phi) is 5.17. The Labute approximate surface area is 129 Å². The largest absolute Gasteiger partial charge is 0.497 e. The summed E-state index contributed by atoms with van der Waals surface area (Å²) in [4.78, 5) is 18.2. The van der Waals surface area contributed by atoms with E-state index in [1.54, 1.807) is 36.5 Å². The molecule has 0 N–H and O–H groups in total. The highest BCUT2D eigenvalue weighted by Crippen LogP contribution is 2.22. The fraction of sp³-hybridized carbons (Fsp3) is 0.250. The summed E-state index contributed by atoms with van der Waals surface area (Å²) in [6.07, 6.45) is 3.63. The van der Waals surface area contributed by atoms with E-state index in [2.05, 4.69) is 4.98 Å². The summed E-state index contributed by atoms with van der Waals surface area (Å²) in [5, 5.41) is 0.557. The first-order chi connectivity index (χ1) is 10.1. The van der Waals surface area contributed by atoms with E-state index in [-0.39, 0.29) is 12.3 Å². The van der Waals surface area contributed by atoms with Crippen molar-refractivity contribution in [2.24, 2.45) is 0 Å². The molecule has 0 aliphatic carbocycles. The lowest BCUT2D eigenvalue weighted by Gasteiger charge is -2.20. The third kappa shape index (κ3) is 3.95. The molecule has 5 heteroatoms. The monoisotopic (exact) mass is 304 g/mol. The van der Waals surface area contributed by atoms with Crippen LogP contribution in [-0.2, 0) is 11.2 Å². The van der Waals surface area contributed by atoms with E-state index in [1.807, 2.05) is 25.1 Å². The van der Waals surface area contributed by atoms with E-state index in [0.717, 1.165) is 11.3 Å². The number of anilines is 1. The maximum Gasteiger partial charge on any atom is 0.231 e. The third-order valence-electron chi connectivity index (χ3n) is 3.10. The van der Waals surface area contributed by atoms with Crippen molar-refractivity contribution in [1.29, 1.82) is 0 Å². The van der Waals surface area contributed by atoms with Crippen LogP contribution in [0.3, 0.4) is 0 Å². The van der Waals surface area contributed by atoms with Gasteiger partial charge in [-0.25, -0.2) is 0 Å². The normalized spacial score (nSPS) is 10.2. The molecule has 21 heavy (non-hydrogen) atoms. The van der Waals surface area contributed by atoms with Crippen LogP contribution in [0.15, 0.2) is 42.7 Å². The van der Waals surface area contributed by atoms with Crippen molar-refractivity contribution in [2.45, 2.75) is 13.3 Å². The van der Waals surface area contributed by atoms with E-state index in [1.165, 1.54) is 0 Å². The molecule has 0 spiro atoms. The van der Waals surface area contributed by atoms with Crippen LogP contribution >= 0.6 is 11.6 Å². The second-order valence-electron chi connectivity index (χ2n) is 4.53. The Morgan fingerprint density at radius 1 is 1.38 bits per heavy atom. The van der Waals surface area contributed by atoms with Gasteiger partial charge in [-0.05, 0) is 42.8 Å². The molecule has 2 rings (SSSR count). The number of carbonyl (C=O) groups is 1. The van der Waals surface area contributed by atoms with Crippen molar-refractivity contribution in [3.8, 4) is 5.75 Å². The van der Waals surface area contributed by atoms with Crippen LogP contribution in [0.25, 0.3) is 0 Å². The minimum absolute atomic E-state index is 0.00480. The Morgan fingerprint density at radius 3 is 2.81 bits per heavy atom. The van der Waals surface area contributed by atoms with Gasteiger partial charge in [-0.15, -0.1) is 0 Å². The Morgan fingerprint density at radius 2 is 2.19 bits per heavy atom. The maximum atomic E-state index is 12.5. The number of ether oxygens (including phenoxy) is 1. The van der Waals surface area contributed by atoms with Crippen molar-refractivity contribution in [3.05, 3.63) is 53.3 Å². The molecule has 0 radical (unpaired) electrons. The Bertz CT molecular complexity index is 617. The third-order valence-corrected chi connectivity index (χ3v) is 3.32. The quantitative estimate of drug-likeness (QED) is 0.851. The fourth-order valence-corrected chi connectivity index (χ4v) is 2.37. The minimum Gasteiger partial charge on any atom is -0.497 e. The average molecular weight is 305 g/mol. The molecule has 0 aliphatic heterocycles. The van der Waals surface area contributed by atoms with Gasteiger partial charge in [0.15, 0.2) is 0 Å². The maximum absolute atomic E-state index is 12.5. The molecule has 0 fully saturated rings. The SMILES string of the molecule is CCN(C(=O)Cc1cc(Cl)cc(OC)c1)c1cccnc1. The predicted octanol–water partition coefficient (Wildman–Crippen LogP) is 3.34. The van der Waals surface area contributed by atoms with E-state index < -0.39 is 0 Å². The number of amides is 1. The van der Waals surface area contributed by atoms with Gasteiger partial charge in [0.05, 0.1) is 25.4 Å². The van der Waals surface area contributed by atoms with Crippen LogP contribution in [0.1, 0.15) is 12.5 Å². The summed E-state index contributed by atoms with van der Waals surface area (Å²) in [7, 11) is 1.57. The molecule has 0 atom stereocenters. The van der Waals surface area contributed by atoms with Crippen LogP contribution in [0.2, 0.25) is 5.02 Å². The summed E-state index contributed by atoms with van der Waals surface area (Å²) in [5.41, 5.74) is 1.62. The Balaban J connectivity index is 2.18. The molecule has 0 saturated carbocycles. The molecule has 1 aromatic carbocycles. The lowest BCUT2D eigenvalue weighted by Crippen LogP contribution is -2.32. The molecule has 1 aromatic heterocycles. The van der Waals surface area contributed by atoms with Gasteiger partial charge >= 0.3 is 0 Å². The molecular formula is C16H17ClN2O2. The molecule has 0 saturated heterocycles. The summed E-state index contributed by atoms with van der Waals surface area (Å²) < 4.78 is 5.17. The molecule has 0 bridgehead atoms. The number of pyridine rings is 1. The van der Waals surface area contributed by atoms with Gasteiger partial charge in [0.2, 0.25) is 5.91 Å². The second-order valence-corrected chi connectivity index (χ2v) is 4.96. The molecule has 1 heterocycles. The van der Waals surface area contributed by atoms with Gasteiger partial charge in [-0.3, -0.25) is 9.78 Å². The van der Waals surface area contributed by atoms with Crippen molar-refractivity contribution < 1.29 is 9.53 Å². The van der Waals surface area contributed by atoms with Crippen molar-refractivity contribution in [3.63, 3.8) is 0 Å². The number of methoxy groups -OCH3 is 1.